The number of amides is 1. The Morgan fingerprint density at radius 1 is 1.33 bits per heavy atom. The fourth-order valence-corrected chi connectivity index (χ4v) is 2.88. The predicted molar refractivity (Wildman–Crippen MR) is 92.2 cm³/mol. The molecule has 1 saturated carbocycles. The van der Waals surface area contributed by atoms with Crippen LogP contribution in [-0.2, 0) is 6.42 Å². The summed E-state index contributed by atoms with van der Waals surface area (Å²) in [6.45, 7) is 2.62. The minimum Gasteiger partial charge on any atom is -0.352 e. The Morgan fingerprint density at radius 2 is 2.12 bits per heavy atom. The molecule has 5 nitrogen and oxygen atoms in total. The summed E-state index contributed by atoms with van der Waals surface area (Å²) in [5.74, 6) is 1.48. The number of carbonyl (C=O) groups is 1. The lowest BCUT2D eigenvalue weighted by Gasteiger charge is -2.04. The van der Waals surface area contributed by atoms with E-state index in [1.807, 2.05) is 54.3 Å². The van der Waals surface area contributed by atoms with Gasteiger partial charge < -0.3 is 9.72 Å². The van der Waals surface area contributed by atoms with Gasteiger partial charge in [0.25, 0.3) is 5.91 Å². The van der Waals surface area contributed by atoms with Crippen LogP contribution < -0.4 is 5.32 Å². The molecule has 1 aliphatic rings. The molecule has 3 heterocycles. The first-order valence-electron chi connectivity index (χ1n) is 8.37. The molecule has 0 unspecified atom stereocenters. The molecule has 0 bridgehead atoms. The first-order chi connectivity index (χ1) is 11.7. The first kappa shape index (κ1) is 14.9. The largest absolute Gasteiger partial charge is 0.352 e. The summed E-state index contributed by atoms with van der Waals surface area (Å²) in [6.07, 6.45) is 10.7. The molecule has 3 aromatic rings. The van der Waals surface area contributed by atoms with Crippen molar-refractivity contribution in [1.29, 1.82) is 0 Å². The summed E-state index contributed by atoms with van der Waals surface area (Å²) in [6, 6.07) is 5.95. The van der Waals surface area contributed by atoms with Crippen LogP contribution in [0.2, 0.25) is 0 Å². The van der Waals surface area contributed by atoms with Gasteiger partial charge >= 0.3 is 0 Å². The third-order valence-electron chi connectivity index (χ3n) is 4.47. The van der Waals surface area contributed by atoms with Crippen LogP contribution in [-0.4, -0.2) is 26.8 Å². The number of rotatable bonds is 5. The van der Waals surface area contributed by atoms with Crippen molar-refractivity contribution in [1.82, 2.24) is 19.7 Å². The summed E-state index contributed by atoms with van der Waals surface area (Å²) < 4.78 is 1.98. The van der Waals surface area contributed by atoms with Crippen molar-refractivity contribution >= 4 is 11.4 Å². The fraction of sp³-hybridized carbons (Fsp3) is 0.316. The van der Waals surface area contributed by atoms with Gasteiger partial charge in [0.05, 0.1) is 5.56 Å². The zero-order chi connectivity index (χ0) is 16.5. The summed E-state index contributed by atoms with van der Waals surface area (Å²) >= 11 is 0. The van der Waals surface area contributed by atoms with Gasteiger partial charge in [0.1, 0.15) is 5.82 Å². The Balaban J connectivity index is 1.36. The SMILES string of the molecule is Cc1cccn2cc(C(=O)NCCc3cnc(C4CC4)nc3)cc12. The van der Waals surface area contributed by atoms with Crippen molar-refractivity contribution in [2.24, 2.45) is 0 Å². The van der Waals surface area contributed by atoms with E-state index in [1.54, 1.807) is 0 Å². The number of carbonyl (C=O) groups excluding carboxylic acids is 1. The summed E-state index contributed by atoms with van der Waals surface area (Å²) in [7, 11) is 0. The monoisotopic (exact) mass is 320 g/mol. The van der Waals surface area contributed by atoms with E-state index in [-0.39, 0.29) is 5.91 Å². The van der Waals surface area contributed by atoms with Crippen molar-refractivity contribution in [2.45, 2.75) is 32.1 Å². The number of nitrogens with zero attached hydrogens (tertiary/aromatic N) is 3. The highest BCUT2D eigenvalue weighted by Gasteiger charge is 2.26. The van der Waals surface area contributed by atoms with E-state index in [4.69, 9.17) is 0 Å². The molecular formula is C19H20N4O. The zero-order valence-corrected chi connectivity index (χ0v) is 13.7. The van der Waals surface area contributed by atoms with Crippen LogP contribution in [0.15, 0.2) is 43.0 Å². The minimum atomic E-state index is -0.0476. The van der Waals surface area contributed by atoms with Crippen LogP contribution in [0.25, 0.3) is 5.52 Å². The van der Waals surface area contributed by atoms with Crippen LogP contribution in [0.3, 0.4) is 0 Å². The Hall–Kier alpha value is -2.69. The highest BCUT2D eigenvalue weighted by atomic mass is 16.1. The standard InChI is InChI=1S/C19H20N4O/c1-13-3-2-8-23-12-16(9-17(13)23)19(24)20-7-6-14-10-21-18(22-11-14)15-4-5-15/h2-3,8-12,15H,4-7H2,1H3,(H,20,24). The Kier molecular flexibility index (Phi) is 3.76. The number of fused-ring (bicyclic) bond motifs is 1. The van der Waals surface area contributed by atoms with Crippen molar-refractivity contribution < 1.29 is 4.79 Å². The molecule has 122 valence electrons. The average Bonchev–Trinajstić information content (AvgIpc) is 3.34. The zero-order valence-electron chi connectivity index (χ0n) is 13.7. The van der Waals surface area contributed by atoms with E-state index in [1.165, 1.54) is 12.8 Å². The molecule has 0 aliphatic heterocycles. The van der Waals surface area contributed by atoms with Gasteiger partial charge in [0.2, 0.25) is 0 Å². The van der Waals surface area contributed by atoms with Gasteiger partial charge in [0.15, 0.2) is 0 Å². The molecule has 0 aromatic carbocycles. The Labute approximate surface area is 140 Å². The third-order valence-corrected chi connectivity index (χ3v) is 4.47. The van der Waals surface area contributed by atoms with Crippen molar-refractivity contribution in [3.8, 4) is 0 Å². The van der Waals surface area contributed by atoms with Crippen LogP contribution in [0, 0.1) is 6.92 Å². The van der Waals surface area contributed by atoms with Crippen molar-refractivity contribution in [2.75, 3.05) is 6.54 Å². The molecule has 24 heavy (non-hydrogen) atoms. The van der Waals surface area contributed by atoms with Gasteiger partial charge in [-0.1, -0.05) is 6.07 Å². The van der Waals surface area contributed by atoms with Crippen LogP contribution in [0.1, 0.15) is 46.1 Å². The number of aryl methyl sites for hydroxylation is 1. The molecule has 1 fully saturated rings. The number of pyridine rings is 1. The maximum atomic E-state index is 12.3. The predicted octanol–water partition coefficient (Wildman–Crippen LogP) is 2.89. The quantitative estimate of drug-likeness (QED) is 0.786. The summed E-state index contributed by atoms with van der Waals surface area (Å²) in [5.41, 5.74) is 3.96. The number of hydrogen-bond acceptors (Lipinski definition) is 3. The molecule has 1 amide bonds. The van der Waals surface area contributed by atoms with Crippen molar-refractivity contribution in [3.05, 3.63) is 65.5 Å². The van der Waals surface area contributed by atoms with Crippen LogP contribution in [0.4, 0.5) is 0 Å². The van der Waals surface area contributed by atoms with Gasteiger partial charge in [-0.3, -0.25) is 4.79 Å². The molecule has 0 radical (unpaired) electrons. The summed E-state index contributed by atoms with van der Waals surface area (Å²) in [5, 5.41) is 2.97. The molecular weight excluding hydrogens is 300 g/mol. The first-order valence-corrected chi connectivity index (χ1v) is 8.37. The lowest BCUT2D eigenvalue weighted by molar-refractivity contribution is 0.0954. The lowest BCUT2D eigenvalue weighted by Crippen LogP contribution is -2.25. The molecule has 5 heteroatoms. The topological polar surface area (TPSA) is 59.3 Å². The normalized spacial score (nSPS) is 14.0. The Bertz CT molecular complexity index is 878. The van der Waals surface area contributed by atoms with E-state index >= 15 is 0 Å². The molecule has 1 N–H and O–H groups in total. The molecule has 0 saturated heterocycles. The lowest BCUT2D eigenvalue weighted by atomic mass is 10.2. The second-order valence-corrected chi connectivity index (χ2v) is 6.44. The smallest absolute Gasteiger partial charge is 0.252 e. The molecule has 1 aliphatic carbocycles. The van der Waals surface area contributed by atoms with E-state index in [9.17, 15) is 4.79 Å². The van der Waals surface area contributed by atoms with Gasteiger partial charge in [-0.15, -0.1) is 0 Å². The number of nitrogens with one attached hydrogen (secondary N) is 1. The maximum Gasteiger partial charge on any atom is 0.252 e. The van der Waals surface area contributed by atoms with Crippen LogP contribution in [0.5, 0.6) is 0 Å². The van der Waals surface area contributed by atoms with Gasteiger partial charge in [-0.25, -0.2) is 9.97 Å². The fourth-order valence-electron chi connectivity index (χ4n) is 2.88. The highest BCUT2D eigenvalue weighted by molar-refractivity contribution is 5.95. The van der Waals surface area contributed by atoms with Gasteiger partial charge in [-0.05, 0) is 49.4 Å². The molecule has 4 rings (SSSR count). The second kappa shape index (κ2) is 6.07. The summed E-state index contributed by atoms with van der Waals surface area (Å²) in [4.78, 5) is 21.1. The highest BCUT2D eigenvalue weighted by Crippen LogP contribution is 2.37. The van der Waals surface area contributed by atoms with Gasteiger partial charge in [0, 0.05) is 42.8 Å². The molecule has 0 atom stereocenters. The molecule has 3 aromatic heterocycles. The van der Waals surface area contributed by atoms with E-state index in [2.05, 4.69) is 15.3 Å². The average molecular weight is 320 g/mol. The van der Waals surface area contributed by atoms with E-state index in [0.29, 0.717) is 18.0 Å². The van der Waals surface area contributed by atoms with Gasteiger partial charge in [-0.2, -0.15) is 0 Å². The second-order valence-electron chi connectivity index (χ2n) is 6.44. The van der Waals surface area contributed by atoms with E-state index < -0.39 is 0 Å². The van der Waals surface area contributed by atoms with Crippen LogP contribution >= 0.6 is 0 Å². The minimum absolute atomic E-state index is 0.0476. The Morgan fingerprint density at radius 3 is 2.83 bits per heavy atom. The molecule has 0 spiro atoms. The number of aromatic nitrogens is 3. The van der Waals surface area contributed by atoms with Crippen molar-refractivity contribution in [3.63, 3.8) is 0 Å². The maximum absolute atomic E-state index is 12.3. The van der Waals surface area contributed by atoms with E-state index in [0.717, 1.165) is 28.9 Å². The third kappa shape index (κ3) is 3.02. The number of hydrogen-bond donors (Lipinski definition) is 1.